The molecule has 74 valence electrons. The van der Waals surface area contributed by atoms with Crippen LogP contribution in [0.5, 0.6) is 0 Å². The molecule has 0 N–H and O–H groups in total. The van der Waals surface area contributed by atoms with E-state index in [1.54, 1.807) is 7.11 Å². The Kier molecular flexibility index (Phi) is 3.48. The molecule has 13 heavy (non-hydrogen) atoms. The molecule has 1 aromatic rings. The summed E-state index contributed by atoms with van der Waals surface area (Å²) in [6, 6.07) is 0. The number of ether oxygens (including phenoxy) is 1. The van der Waals surface area contributed by atoms with Gasteiger partial charge in [-0.3, -0.25) is 4.68 Å². The summed E-state index contributed by atoms with van der Waals surface area (Å²) in [5.41, 5.74) is 3.80. The van der Waals surface area contributed by atoms with Crippen molar-refractivity contribution in [3.8, 4) is 0 Å². The van der Waals surface area contributed by atoms with E-state index in [4.69, 9.17) is 4.74 Å². The van der Waals surface area contributed by atoms with E-state index in [0.717, 1.165) is 25.3 Å². The average molecular weight is 182 g/mol. The predicted molar refractivity (Wildman–Crippen MR) is 53.0 cm³/mol. The van der Waals surface area contributed by atoms with Crippen molar-refractivity contribution in [2.24, 2.45) is 0 Å². The van der Waals surface area contributed by atoms with Gasteiger partial charge in [0.2, 0.25) is 0 Å². The van der Waals surface area contributed by atoms with E-state index < -0.39 is 0 Å². The minimum Gasteiger partial charge on any atom is -0.383 e. The zero-order valence-electron chi connectivity index (χ0n) is 8.92. The summed E-state index contributed by atoms with van der Waals surface area (Å²) in [5.74, 6) is 0. The molecular weight excluding hydrogens is 164 g/mol. The first-order valence-electron chi connectivity index (χ1n) is 4.72. The fourth-order valence-corrected chi connectivity index (χ4v) is 1.64. The minimum absolute atomic E-state index is 0.727. The van der Waals surface area contributed by atoms with Crippen molar-refractivity contribution in [2.45, 2.75) is 33.7 Å². The second-order valence-corrected chi connectivity index (χ2v) is 3.22. The molecule has 0 radical (unpaired) electrons. The molecule has 0 spiro atoms. The molecule has 0 unspecified atom stereocenters. The zero-order valence-corrected chi connectivity index (χ0v) is 8.92. The van der Waals surface area contributed by atoms with Crippen LogP contribution in [-0.4, -0.2) is 23.5 Å². The number of hydrogen-bond acceptors (Lipinski definition) is 2. The monoisotopic (exact) mass is 182 g/mol. The Bertz CT molecular complexity index is 279. The van der Waals surface area contributed by atoms with Gasteiger partial charge in [0.25, 0.3) is 0 Å². The summed E-state index contributed by atoms with van der Waals surface area (Å²) in [7, 11) is 1.71. The van der Waals surface area contributed by atoms with Crippen molar-refractivity contribution in [1.82, 2.24) is 9.78 Å². The number of hydrogen-bond donors (Lipinski definition) is 0. The largest absolute Gasteiger partial charge is 0.383 e. The normalized spacial score (nSPS) is 10.8. The molecule has 0 fully saturated rings. The summed E-state index contributed by atoms with van der Waals surface area (Å²) in [6.07, 6.45) is 1.06. The van der Waals surface area contributed by atoms with Crippen molar-refractivity contribution >= 4 is 0 Å². The Morgan fingerprint density at radius 1 is 1.38 bits per heavy atom. The minimum atomic E-state index is 0.727. The Balaban J connectivity index is 2.83. The lowest BCUT2D eigenvalue weighted by atomic mass is 10.1. The lowest BCUT2D eigenvalue weighted by Crippen LogP contribution is -2.07. The quantitative estimate of drug-likeness (QED) is 0.708. The van der Waals surface area contributed by atoms with Gasteiger partial charge in [-0.1, -0.05) is 6.92 Å². The van der Waals surface area contributed by atoms with Gasteiger partial charge in [-0.05, 0) is 25.8 Å². The predicted octanol–water partition coefficient (Wildman–Crippen LogP) is 1.71. The van der Waals surface area contributed by atoms with Crippen LogP contribution in [0, 0.1) is 13.8 Å². The van der Waals surface area contributed by atoms with Crippen LogP contribution in [0.15, 0.2) is 0 Å². The molecule has 3 nitrogen and oxygen atoms in total. The summed E-state index contributed by atoms with van der Waals surface area (Å²) >= 11 is 0. The van der Waals surface area contributed by atoms with Crippen molar-refractivity contribution < 1.29 is 4.74 Å². The summed E-state index contributed by atoms with van der Waals surface area (Å²) in [6.45, 7) is 7.93. The molecule has 0 saturated carbocycles. The lowest BCUT2D eigenvalue weighted by Gasteiger charge is -2.03. The second kappa shape index (κ2) is 4.42. The third-order valence-corrected chi connectivity index (χ3v) is 2.39. The maximum Gasteiger partial charge on any atom is 0.0658 e. The van der Waals surface area contributed by atoms with Crippen LogP contribution in [0.1, 0.15) is 23.9 Å². The van der Waals surface area contributed by atoms with Gasteiger partial charge in [-0.2, -0.15) is 5.10 Å². The van der Waals surface area contributed by atoms with Crippen LogP contribution in [0.2, 0.25) is 0 Å². The molecule has 1 rings (SSSR count). The van der Waals surface area contributed by atoms with Crippen molar-refractivity contribution in [2.75, 3.05) is 13.7 Å². The molecule has 1 aromatic heterocycles. The summed E-state index contributed by atoms with van der Waals surface area (Å²) in [5, 5.41) is 4.46. The zero-order chi connectivity index (χ0) is 9.84. The average Bonchev–Trinajstić information content (AvgIpc) is 2.38. The number of nitrogens with zero attached hydrogens (tertiary/aromatic N) is 2. The lowest BCUT2D eigenvalue weighted by molar-refractivity contribution is 0.182. The van der Waals surface area contributed by atoms with Crippen LogP contribution < -0.4 is 0 Å². The number of aryl methyl sites for hydroxylation is 1. The SMILES string of the molecule is CCc1c(C)nn(CCOC)c1C. The standard InChI is InChI=1S/C10H18N2O/c1-5-10-8(2)11-12(9(10)3)6-7-13-4/h5-7H2,1-4H3. The Labute approximate surface area is 79.7 Å². The smallest absolute Gasteiger partial charge is 0.0658 e. The molecular formula is C10H18N2O. The van der Waals surface area contributed by atoms with Crippen LogP contribution in [-0.2, 0) is 17.7 Å². The van der Waals surface area contributed by atoms with E-state index >= 15 is 0 Å². The van der Waals surface area contributed by atoms with Gasteiger partial charge < -0.3 is 4.74 Å². The fourth-order valence-electron chi connectivity index (χ4n) is 1.64. The van der Waals surface area contributed by atoms with Gasteiger partial charge in [-0.15, -0.1) is 0 Å². The number of methoxy groups -OCH3 is 1. The highest BCUT2D eigenvalue weighted by molar-refractivity contribution is 5.24. The van der Waals surface area contributed by atoms with E-state index in [1.165, 1.54) is 11.3 Å². The van der Waals surface area contributed by atoms with E-state index in [-0.39, 0.29) is 0 Å². The third-order valence-electron chi connectivity index (χ3n) is 2.39. The van der Waals surface area contributed by atoms with E-state index in [2.05, 4.69) is 25.9 Å². The van der Waals surface area contributed by atoms with Gasteiger partial charge >= 0.3 is 0 Å². The van der Waals surface area contributed by atoms with Crippen molar-refractivity contribution in [3.05, 3.63) is 17.0 Å². The first-order chi connectivity index (χ1) is 6.20. The molecule has 0 atom stereocenters. The molecule has 0 aromatic carbocycles. The molecule has 0 aliphatic heterocycles. The highest BCUT2D eigenvalue weighted by Gasteiger charge is 2.08. The van der Waals surface area contributed by atoms with Crippen LogP contribution in [0.25, 0.3) is 0 Å². The summed E-state index contributed by atoms with van der Waals surface area (Å²) in [4.78, 5) is 0. The first-order valence-corrected chi connectivity index (χ1v) is 4.72. The Morgan fingerprint density at radius 2 is 2.08 bits per heavy atom. The van der Waals surface area contributed by atoms with E-state index in [1.807, 2.05) is 4.68 Å². The maximum atomic E-state index is 5.02. The molecule has 1 heterocycles. The van der Waals surface area contributed by atoms with Gasteiger partial charge in [-0.25, -0.2) is 0 Å². The fraction of sp³-hybridized carbons (Fsp3) is 0.700. The number of rotatable bonds is 4. The Hall–Kier alpha value is -0.830. The highest BCUT2D eigenvalue weighted by Crippen LogP contribution is 2.12. The van der Waals surface area contributed by atoms with Crippen molar-refractivity contribution in [1.29, 1.82) is 0 Å². The first kappa shape index (κ1) is 10.3. The number of aromatic nitrogens is 2. The molecule has 0 bridgehead atoms. The van der Waals surface area contributed by atoms with E-state index in [9.17, 15) is 0 Å². The maximum absolute atomic E-state index is 5.02. The van der Waals surface area contributed by atoms with Crippen LogP contribution >= 0.6 is 0 Å². The summed E-state index contributed by atoms with van der Waals surface area (Å²) < 4.78 is 7.05. The molecule has 3 heteroatoms. The van der Waals surface area contributed by atoms with Gasteiger partial charge in [0.15, 0.2) is 0 Å². The van der Waals surface area contributed by atoms with Gasteiger partial charge in [0, 0.05) is 12.8 Å². The molecule has 0 aliphatic rings. The second-order valence-electron chi connectivity index (χ2n) is 3.22. The van der Waals surface area contributed by atoms with Gasteiger partial charge in [0.05, 0.1) is 18.8 Å². The Morgan fingerprint density at radius 3 is 2.54 bits per heavy atom. The topological polar surface area (TPSA) is 27.1 Å². The van der Waals surface area contributed by atoms with Crippen molar-refractivity contribution in [3.63, 3.8) is 0 Å². The van der Waals surface area contributed by atoms with E-state index in [0.29, 0.717) is 0 Å². The molecule has 0 saturated heterocycles. The highest BCUT2D eigenvalue weighted by atomic mass is 16.5. The molecule has 0 aliphatic carbocycles. The van der Waals surface area contributed by atoms with Gasteiger partial charge in [0.1, 0.15) is 0 Å². The van der Waals surface area contributed by atoms with Crippen LogP contribution in [0.4, 0.5) is 0 Å². The molecule has 0 amide bonds. The van der Waals surface area contributed by atoms with Crippen LogP contribution in [0.3, 0.4) is 0 Å². The third kappa shape index (κ3) is 2.10.